The summed E-state index contributed by atoms with van der Waals surface area (Å²) in [6.45, 7) is 9.25. The predicted molar refractivity (Wildman–Crippen MR) is 46.7 cm³/mol. The monoisotopic (exact) mass is 325 g/mol. The van der Waals surface area contributed by atoms with E-state index in [2.05, 4.69) is 32.1 Å². The van der Waals surface area contributed by atoms with Crippen LogP contribution in [0.4, 0.5) is 0 Å². The van der Waals surface area contributed by atoms with Crippen molar-refractivity contribution >= 4 is 0 Å². The Balaban J connectivity index is 0. The average molecular weight is 325 g/mol. The minimum Gasteiger partial charge on any atom is -0.358 e. The van der Waals surface area contributed by atoms with E-state index in [0.717, 1.165) is 0 Å². The van der Waals surface area contributed by atoms with Gasteiger partial charge in [0.2, 0.25) is 0 Å². The number of nitrogens with zero attached hydrogens (tertiary/aromatic N) is 1. The average Bonchev–Trinajstić information content (AvgIpc) is 2.08. The molecule has 0 atom stereocenters. The van der Waals surface area contributed by atoms with Crippen molar-refractivity contribution in [2.75, 3.05) is 13.1 Å². The minimum atomic E-state index is 0. The van der Waals surface area contributed by atoms with E-state index < -0.39 is 0 Å². The number of hydrogen-bond donors (Lipinski definition) is 0. The van der Waals surface area contributed by atoms with Gasteiger partial charge in [-0.05, 0) is 27.3 Å². The normalized spacial score (nSPS) is 18.8. The van der Waals surface area contributed by atoms with E-state index in [0.29, 0.717) is 5.54 Å². The molecule has 1 fully saturated rings. The van der Waals surface area contributed by atoms with Crippen molar-refractivity contribution in [2.24, 2.45) is 0 Å². The molecule has 0 aromatic heterocycles. The molecule has 2 heteroatoms. The van der Waals surface area contributed by atoms with Crippen LogP contribution in [0.15, 0.2) is 0 Å². The van der Waals surface area contributed by atoms with Gasteiger partial charge >= 0.3 is 21.1 Å². The summed E-state index contributed by atoms with van der Waals surface area (Å²) in [5.74, 6) is 0. The summed E-state index contributed by atoms with van der Waals surface area (Å²) in [5, 5.41) is 0. The molecule has 0 amide bonds. The van der Waals surface area contributed by atoms with Gasteiger partial charge in [0.1, 0.15) is 0 Å². The molecular weight excluding hydrogens is 306 g/mol. The fourth-order valence-corrected chi connectivity index (χ4v) is 1.19. The maximum absolute atomic E-state index is 2.49. The molecule has 0 bridgehead atoms. The van der Waals surface area contributed by atoms with Gasteiger partial charge in [0.15, 0.2) is 0 Å². The minimum absolute atomic E-state index is 0. The molecule has 11 heavy (non-hydrogen) atoms. The smallest absolute Gasteiger partial charge is 0.358 e. The fourth-order valence-electron chi connectivity index (χ4n) is 1.19. The van der Waals surface area contributed by atoms with Crippen molar-refractivity contribution in [2.45, 2.75) is 32.7 Å². The Morgan fingerprint density at radius 2 is 1.82 bits per heavy atom. The Kier molecular flexibility index (Phi) is 6.86. The van der Waals surface area contributed by atoms with Crippen molar-refractivity contribution in [3.05, 3.63) is 13.8 Å². The second-order valence-electron chi connectivity index (χ2n) is 3.69. The number of rotatable bonds is 0. The Hall–Kier alpha value is 0.648. The van der Waals surface area contributed by atoms with Gasteiger partial charge in [-0.25, -0.2) is 0 Å². The Morgan fingerprint density at radius 1 is 1.27 bits per heavy atom. The van der Waals surface area contributed by atoms with E-state index in [4.69, 9.17) is 0 Å². The molecular formula is C9H19NW. The van der Waals surface area contributed by atoms with E-state index in [1.54, 1.807) is 0 Å². The van der Waals surface area contributed by atoms with Crippen LogP contribution < -0.4 is 0 Å². The summed E-state index contributed by atoms with van der Waals surface area (Å²) in [6.07, 6.45) is 3.63. The summed E-state index contributed by atoms with van der Waals surface area (Å²) in [5.41, 5.74) is 0.382. The fraction of sp³-hybridized carbons (Fsp3) is 0.778. The van der Waals surface area contributed by atoms with E-state index >= 15 is 0 Å². The third-order valence-corrected chi connectivity index (χ3v) is 1.90. The first-order valence-corrected chi connectivity index (χ1v) is 3.67. The van der Waals surface area contributed by atoms with Crippen LogP contribution in [0.3, 0.4) is 0 Å². The summed E-state index contributed by atoms with van der Waals surface area (Å²) in [4.78, 5) is 2.49. The van der Waals surface area contributed by atoms with Gasteiger partial charge in [0, 0.05) is 5.54 Å². The maximum Gasteiger partial charge on any atom is 2.00 e. The van der Waals surface area contributed by atoms with Gasteiger partial charge in [0.05, 0.1) is 0 Å². The SMILES string of the molecule is CC(C)(C)N1C[CH-]CC1.[CH3-].[W+2]. The van der Waals surface area contributed by atoms with Gasteiger partial charge < -0.3 is 18.7 Å². The van der Waals surface area contributed by atoms with Crippen LogP contribution >= 0.6 is 0 Å². The molecule has 66 valence electrons. The molecule has 0 spiro atoms. The maximum atomic E-state index is 2.49. The number of likely N-dealkylation sites (tertiary alicyclic amines) is 1. The molecule has 1 nitrogen and oxygen atoms in total. The van der Waals surface area contributed by atoms with Crippen molar-refractivity contribution < 1.29 is 21.1 Å². The van der Waals surface area contributed by atoms with Crippen molar-refractivity contribution in [3.63, 3.8) is 0 Å². The van der Waals surface area contributed by atoms with Crippen LogP contribution in [0, 0.1) is 13.8 Å². The summed E-state index contributed by atoms with van der Waals surface area (Å²) in [7, 11) is 0. The first kappa shape index (κ1) is 14.2. The van der Waals surface area contributed by atoms with Gasteiger partial charge in [0.25, 0.3) is 0 Å². The van der Waals surface area contributed by atoms with Crippen LogP contribution in [0.5, 0.6) is 0 Å². The zero-order valence-electron chi connectivity index (χ0n) is 8.05. The Bertz CT molecular complexity index is 90.2. The van der Waals surface area contributed by atoms with E-state index in [1.165, 1.54) is 19.5 Å². The molecule has 0 unspecified atom stereocenters. The van der Waals surface area contributed by atoms with E-state index in [-0.39, 0.29) is 28.5 Å². The number of hydrogen-bond acceptors (Lipinski definition) is 1. The molecule has 1 saturated heterocycles. The molecule has 0 aromatic rings. The predicted octanol–water partition coefficient (Wildman–Crippen LogP) is 2.14. The second-order valence-corrected chi connectivity index (χ2v) is 3.69. The molecule has 0 aliphatic carbocycles. The van der Waals surface area contributed by atoms with Crippen molar-refractivity contribution in [1.29, 1.82) is 0 Å². The summed E-state index contributed by atoms with van der Waals surface area (Å²) >= 11 is 0. The molecule has 0 aromatic carbocycles. The molecule has 1 heterocycles. The summed E-state index contributed by atoms with van der Waals surface area (Å²) in [6, 6.07) is 0. The first-order chi connectivity index (χ1) is 4.11. The molecule has 1 rings (SSSR count). The molecule has 0 radical (unpaired) electrons. The van der Waals surface area contributed by atoms with Crippen LogP contribution in [0.2, 0.25) is 0 Å². The van der Waals surface area contributed by atoms with Crippen LogP contribution in [-0.2, 0) is 21.1 Å². The largest absolute Gasteiger partial charge is 2.00 e. The van der Waals surface area contributed by atoms with Gasteiger partial charge in [-0.1, -0.05) is 0 Å². The van der Waals surface area contributed by atoms with Crippen molar-refractivity contribution in [1.82, 2.24) is 4.90 Å². The standard InChI is InChI=1S/C8H16N.CH3.W/c1-8(2,3)9-6-4-5-7-9;;/h4H,5-7H2,1-3H3;1H3;/q2*-1;+2. The van der Waals surface area contributed by atoms with E-state index in [9.17, 15) is 0 Å². The van der Waals surface area contributed by atoms with Gasteiger partial charge in [-0.2, -0.15) is 6.42 Å². The van der Waals surface area contributed by atoms with Crippen LogP contribution in [-0.4, -0.2) is 23.5 Å². The zero-order valence-corrected chi connectivity index (χ0v) is 11.0. The first-order valence-electron chi connectivity index (χ1n) is 3.67. The third-order valence-electron chi connectivity index (χ3n) is 1.90. The molecule has 1 aliphatic heterocycles. The zero-order chi connectivity index (χ0) is 6.91. The summed E-state index contributed by atoms with van der Waals surface area (Å²) < 4.78 is 0. The molecule has 0 N–H and O–H groups in total. The van der Waals surface area contributed by atoms with Crippen LogP contribution in [0.25, 0.3) is 0 Å². The topological polar surface area (TPSA) is 3.24 Å². The Labute approximate surface area is 85.8 Å². The van der Waals surface area contributed by atoms with Gasteiger partial charge in [-0.15, -0.1) is 6.54 Å². The van der Waals surface area contributed by atoms with Crippen LogP contribution in [0.1, 0.15) is 27.2 Å². The molecule has 0 saturated carbocycles. The van der Waals surface area contributed by atoms with Crippen molar-refractivity contribution in [3.8, 4) is 0 Å². The Morgan fingerprint density at radius 3 is 2.00 bits per heavy atom. The van der Waals surface area contributed by atoms with E-state index in [1.807, 2.05) is 0 Å². The van der Waals surface area contributed by atoms with Gasteiger partial charge in [-0.3, -0.25) is 0 Å². The third kappa shape index (κ3) is 4.28. The quantitative estimate of drug-likeness (QED) is 0.617. The second kappa shape index (κ2) is 5.32. The molecule has 1 aliphatic rings.